The fraction of sp³-hybridized carbons (Fsp3) is 0.185. The molecule has 0 radical (unpaired) electrons. The summed E-state index contributed by atoms with van der Waals surface area (Å²) in [5.41, 5.74) is 4.62. The second-order valence-electron chi connectivity index (χ2n) is 7.91. The van der Waals surface area contributed by atoms with Crippen molar-refractivity contribution in [2.45, 2.75) is 32.9 Å². The van der Waals surface area contributed by atoms with Gasteiger partial charge in [0.2, 0.25) is 0 Å². The van der Waals surface area contributed by atoms with Crippen molar-refractivity contribution in [2.75, 3.05) is 0 Å². The van der Waals surface area contributed by atoms with Crippen LogP contribution < -0.4 is 10.4 Å². The Morgan fingerprint density at radius 1 is 0.879 bits per heavy atom. The smallest absolute Gasteiger partial charge is 0.449 e. The molecule has 0 saturated heterocycles. The van der Waals surface area contributed by atoms with Crippen LogP contribution in [0.25, 0.3) is 11.1 Å². The molecule has 0 amide bonds. The molecule has 168 valence electrons. The maximum atomic E-state index is 13.2. The number of aryl methyl sites for hydroxylation is 1. The van der Waals surface area contributed by atoms with Gasteiger partial charge < -0.3 is 9.84 Å². The van der Waals surface area contributed by atoms with Crippen molar-refractivity contribution in [1.29, 1.82) is 0 Å². The third kappa shape index (κ3) is 5.23. The molecule has 0 atom stereocenters. The summed E-state index contributed by atoms with van der Waals surface area (Å²) in [6.07, 6.45) is 2.40. The first-order chi connectivity index (χ1) is 16.0. The summed E-state index contributed by atoms with van der Waals surface area (Å²) in [6, 6.07) is 24.8. The number of imidazole rings is 1. The molecule has 0 spiro atoms. The minimum Gasteiger partial charge on any atom is -0.449 e. The van der Waals surface area contributed by atoms with Gasteiger partial charge in [0.15, 0.2) is 0 Å². The number of benzene rings is 3. The largest absolute Gasteiger partial charge is 0.511 e. The van der Waals surface area contributed by atoms with E-state index in [4.69, 9.17) is 9.84 Å². The zero-order valence-corrected chi connectivity index (χ0v) is 18.5. The number of hydrogen-bond donors (Lipinski definition) is 1. The molecular formula is C27H26N2O4. The first-order valence-electron chi connectivity index (χ1n) is 11.0. The first kappa shape index (κ1) is 22.1. The quantitative estimate of drug-likeness (QED) is 0.292. The molecular weight excluding hydrogens is 416 g/mol. The maximum absolute atomic E-state index is 13.2. The average molecular weight is 443 g/mol. The van der Waals surface area contributed by atoms with Crippen LogP contribution in [0.2, 0.25) is 0 Å². The number of para-hydroxylation sites is 1. The van der Waals surface area contributed by atoms with E-state index in [-0.39, 0.29) is 11.4 Å². The summed E-state index contributed by atoms with van der Waals surface area (Å²) in [4.78, 5) is 24.2. The Morgan fingerprint density at radius 3 is 2.24 bits per heavy atom. The molecule has 6 heteroatoms. The number of aromatic nitrogens is 2. The molecule has 0 unspecified atom stereocenters. The van der Waals surface area contributed by atoms with Crippen molar-refractivity contribution in [2.24, 2.45) is 0 Å². The second-order valence-corrected chi connectivity index (χ2v) is 7.91. The van der Waals surface area contributed by atoms with Gasteiger partial charge in [-0.05, 0) is 29.2 Å². The van der Waals surface area contributed by atoms with E-state index in [1.165, 1.54) is 0 Å². The molecule has 0 bridgehead atoms. The molecule has 1 aromatic heterocycles. The summed E-state index contributed by atoms with van der Waals surface area (Å²) in [5.74, 6) is 0.289. The van der Waals surface area contributed by atoms with Crippen molar-refractivity contribution >= 4 is 6.16 Å². The van der Waals surface area contributed by atoms with Crippen LogP contribution in [0.5, 0.6) is 5.75 Å². The van der Waals surface area contributed by atoms with Gasteiger partial charge in [-0.2, -0.15) is 0 Å². The van der Waals surface area contributed by atoms with E-state index >= 15 is 0 Å². The van der Waals surface area contributed by atoms with E-state index in [0.29, 0.717) is 18.7 Å². The Morgan fingerprint density at radius 2 is 1.55 bits per heavy atom. The predicted molar refractivity (Wildman–Crippen MR) is 128 cm³/mol. The van der Waals surface area contributed by atoms with Crippen LogP contribution >= 0.6 is 0 Å². The van der Waals surface area contributed by atoms with Crippen LogP contribution in [0.15, 0.2) is 89.9 Å². The van der Waals surface area contributed by atoms with Crippen LogP contribution in [0.3, 0.4) is 0 Å². The maximum Gasteiger partial charge on any atom is 0.511 e. The van der Waals surface area contributed by atoms with Gasteiger partial charge in [-0.15, -0.1) is 0 Å². The summed E-state index contributed by atoms with van der Waals surface area (Å²) in [6.45, 7) is 3.13. The van der Waals surface area contributed by atoms with E-state index in [9.17, 15) is 9.59 Å². The minimum atomic E-state index is -1.35. The molecule has 1 heterocycles. The molecule has 0 aliphatic carbocycles. The lowest BCUT2D eigenvalue weighted by molar-refractivity contribution is 0.144. The highest BCUT2D eigenvalue weighted by molar-refractivity contribution is 5.74. The normalized spacial score (nSPS) is 10.8. The van der Waals surface area contributed by atoms with Crippen molar-refractivity contribution in [3.63, 3.8) is 0 Å². The third-order valence-corrected chi connectivity index (χ3v) is 5.52. The molecule has 0 saturated carbocycles. The van der Waals surface area contributed by atoms with Gasteiger partial charge in [0, 0.05) is 17.5 Å². The lowest BCUT2D eigenvalue weighted by atomic mass is 10.0. The second kappa shape index (κ2) is 10.0. The number of carboxylic acid groups (broad SMARTS) is 1. The van der Waals surface area contributed by atoms with Crippen molar-refractivity contribution in [1.82, 2.24) is 9.13 Å². The standard InChI is InChI=1S/C27H26N2O4/c1-2-8-23-19-28(17-20-9-4-3-5-10-20)26(30)29(23)18-21-13-15-22(16-14-21)24-11-6-7-12-25(24)33-27(31)32/h3-7,9-16,19H,2,8,17-18H2,1H3,(H,31,32). The number of nitrogens with zero attached hydrogens (tertiary/aromatic N) is 2. The molecule has 4 aromatic rings. The summed E-state index contributed by atoms with van der Waals surface area (Å²) in [7, 11) is 0. The molecule has 1 N–H and O–H groups in total. The fourth-order valence-electron chi connectivity index (χ4n) is 3.96. The molecule has 0 fully saturated rings. The van der Waals surface area contributed by atoms with Crippen LogP contribution in [0, 0.1) is 0 Å². The Labute approximate surface area is 192 Å². The summed E-state index contributed by atoms with van der Waals surface area (Å²) in [5, 5.41) is 8.98. The highest BCUT2D eigenvalue weighted by Crippen LogP contribution is 2.30. The summed E-state index contributed by atoms with van der Waals surface area (Å²) >= 11 is 0. The molecule has 0 aliphatic heterocycles. The van der Waals surface area contributed by atoms with Crippen LogP contribution in [-0.4, -0.2) is 20.4 Å². The molecule has 6 nitrogen and oxygen atoms in total. The monoisotopic (exact) mass is 442 g/mol. The van der Waals surface area contributed by atoms with Gasteiger partial charge >= 0.3 is 11.8 Å². The van der Waals surface area contributed by atoms with Gasteiger partial charge in [-0.25, -0.2) is 9.59 Å². The topological polar surface area (TPSA) is 73.5 Å². The van der Waals surface area contributed by atoms with Gasteiger partial charge in [0.25, 0.3) is 0 Å². The van der Waals surface area contributed by atoms with E-state index in [2.05, 4.69) is 6.92 Å². The number of ether oxygens (including phenoxy) is 1. The van der Waals surface area contributed by atoms with E-state index in [1.807, 2.05) is 77.5 Å². The Bertz CT molecular complexity index is 1290. The van der Waals surface area contributed by atoms with Gasteiger partial charge in [-0.3, -0.25) is 9.13 Å². The molecule has 0 aliphatic rings. The predicted octanol–water partition coefficient (Wildman–Crippen LogP) is 5.42. The van der Waals surface area contributed by atoms with Crippen LogP contribution in [0.1, 0.15) is 30.2 Å². The van der Waals surface area contributed by atoms with Crippen molar-refractivity contribution in [3.05, 3.63) is 112 Å². The van der Waals surface area contributed by atoms with Gasteiger partial charge in [0.05, 0.1) is 13.1 Å². The Kier molecular flexibility index (Phi) is 6.74. The number of rotatable bonds is 8. The minimum absolute atomic E-state index is 0.0217. The lowest BCUT2D eigenvalue weighted by Gasteiger charge is -2.10. The first-order valence-corrected chi connectivity index (χ1v) is 11.0. The van der Waals surface area contributed by atoms with Gasteiger partial charge in [0.1, 0.15) is 5.75 Å². The highest BCUT2D eigenvalue weighted by atomic mass is 16.7. The van der Waals surface area contributed by atoms with E-state index < -0.39 is 6.16 Å². The Balaban J connectivity index is 1.59. The number of hydrogen-bond acceptors (Lipinski definition) is 3. The molecule has 33 heavy (non-hydrogen) atoms. The molecule has 4 rings (SSSR count). The average Bonchev–Trinajstić information content (AvgIpc) is 3.09. The van der Waals surface area contributed by atoms with Crippen molar-refractivity contribution in [3.8, 4) is 16.9 Å². The van der Waals surface area contributed by atoms with E-state index in [0.717, 1.165) is 35.2 Å². The summed E-state index contributed by atoms with van der Waals surface area (Å²) < 4.78 is 8.51. The lowest BCUT2D eigenvalue weighted by Crippen LogP contribution is -2.26. The Hall–Kier alpha value is -4.06. The zero-order valence-electron chi connectivity index (χ0n) is 18.5. The zero-order chi connectivity index (χ0) is 23.2. The van der Waals surface area contributed by atoms with Crippen molar-refractivity contribution < 1.29 is 14.6 Å². The number of carbonyl (C=O) groups is 1. The fourth-order valence-corrected chi connectivity index (χ4v) is 3.96. The van der Waals surface area contributed by atoms with E-state index in [1.54, 1.807) is 16.7 Å². The molecule has 3 aromatic carbocycles. The van der Waals surface area contributed by atoms with Crippen LogP contribution in [-0.2, 0) is 19.5 Å². The van der Waals surface area contributed by atoms with Crippen LogP contribution in [0.4, 0.5) is 4.79 Å². The third-order valence-electron chi connectivity index (χ3n) is 5.52. The SMILES string of the molecule is CCCc1cn(Cc2ccccc2)c(=O)n1Cc1ccc(-c2ccccc2OC(=O)O)cc1. The highest BCUT2D eigenvalue weighted by Gasteiger charge is 2.13. The van der Waals surface area contributed by atoms with Gasteiger partial charge in [-0.1, -0.05) is 86.1 Å².